The highest BCUT2D eigenvalue weighted by molar-refractivity contribution is 7.12. The molecule has 1 fully saturated rings. The zero-order chi connectivity index (χ0) is 27.2. The molecule has 0 radical (unpaired) electrons. The summed E-state index contributed by atoms with van der Waals surface area (Å²) in [6.45, 7) is 5.14. The number of methoxy groups -OCH3 is 1. The van der Waals surface area contributed by atoms with E-state index in [1.165, 1.54) is 20.5 Å². The Balaban J connectivity index is 1.35. The number of imidazole rings is 1. The Morgan fingerprint density at radius 3 is 2.79 bits per heavy atom. The molecule has 13 heteroatoms. The third-order valence-electron chi connectivity index (χ3n) is 6.37. The summed E-state index contributed by atoms with van der Waals surface area (Å²) in [5, 5.41) is 8.31. The van der Waals surface area contributed by atoms with Crippen LogP contribution in [0.5, 0.6) is 5.75 Å². The van der Waals surface area contributed by atoms with Gasteiger partial charge in [-0.15, -0.1) is 11.3 Å². The molecule has 0 bridgehead atoms. The number of hydrogen-bond acceptors (Lipinski definition) is 10. The minimum atomic E-state index is -0.368. The second-order valence-electron chi connectivity index (χ2n) is 8.85. The van der Waals surface area contributed by atoms with Crippen molar-refractivity contribution in [3.63, 3.8) is 0 Å². The van der Waals surface area contributed by atoms with E-state index in [1.807, 2.05) is 24.3 Å². The topological polar surface area (TPSA) is 125 Å². The van der Waals surface area contributed by atoms with E-state index in [4.69, 9.17) is 14.2 Å². The first-order chi connectivity index (χ1) is 19.1. The molecule has 206 valence electrons. The van der Waals surface area contributed by atoms with Gasteiger partial charge in [-0.05, 0) is 18.2 Å². The van der Waals surface area contributed by atoms with E-state index in [1.54, 1.807) is 31.9 Å². The zero-order valence-electron chi connectivity index (χ0n) is 21.9. The number of benzene rings is 1. The SMILES string of the molecule is COCCOCCOc1cccc2c1n(C)c(=O)n2-c1nc(C(=O)Nc2cnccc2N2CCNCC2)cs1. The number of hydrogen-bond donors (Lipinski definition) is 2. The predicted octanol–water partition coefficient (Wildman–Crippen LogP) is 1.88. The number of amides is 1. The van der Waals surface area contributed by atoms with Crippen LogP contribution in [-0.4, -0.2) is 84.7 Å². The van der Waals surface area contributed by atoms with E-state index in [2.05, 4.69) is 25.5 Å². The van der Waals surface area contributed by atoms with E-state index in [9.17, 15) is 9.59 Å². The number of aryl methyl sites for hydroxylation is 1. The first kappa shape index (κ1) is 26.8. The summed E-state index contributed by atoms with van der Waals surface area (Å²) in [6, 6.07) is 7.36. The van der Waals surface area contributed by atoms with Gasteiger partial charge in [-0.1, -0.05) is 6.07 Å². The number of aromatic nitrogens is 4. The molecule has 1 amide bonds. The van der Waals surface area contributed by atoms with Gasteiger partial charge < -0.3 is 29.7 Å². The van der Waals surface area contributed by atoms with E-state index >= 15 is 0 Å². The number of ether oxygens (including phenoxy) is 3. The molecule has 2 N–H and O–H groups in total. The van der Waals surface area contributed by atoms with Crippen molar-refractivity contribution in [1.29, 1.82) is 0 Å². The summed E-state index contributed by atoms with van der Waals surface area (Å²) in [4.78, 5) is 37.3. The van der Waals surface area contributed by atoms with Gasteiger partial charge in [-0.3, -0.25) is 14.3 Å². The molecule has 5 rings (SSSR count). The fraction of sp³-hybridized carbons (Fsp3) is 0.385. The summed E-state index contributed by atoms with van der Waals surface area (Å²) in [5.41, 5.74) is 2.74. The van der Waals surface area contributed by atoms with Crippen LogP contribution in [-0.2, 0) is 16.5 Å². The quantitative estimate of drug-likeness (QED) is 0.268. The lowest BCUT2D eigenvalue weighted by molar-refractivity contribution is 0.0546. The highest BCUT2D eigenvalue weighted by atomic mass is 32.1. The van der Waals surface area contributed by atoms with Crippen LogP contribution < -0.4 is 26.0 Å². The smallest absolute Gasteiger partial charge is 0.335 e. The fourth-order valence-electron chi connectivity index (χ4n) is 4.46. The molecule has 4 aromatic rings. The highest BCUT2D eigenvalue weighted by Crippen LogP contribution is 2.29. The first-order valence-electron chi connectivity index (χ1n) is 12.7. The fourth-order valence-corrected chi connectivity index (χ4v) is 5.27. The molecule has 0 aliphatic carbocycles. The van der Waals surface area contributed by atoms with E-state index in [-0.39, 0.29) is 17.3 Å². The number of carbonyl (C=O) groups excluding carboxylic acids is 1. The average Bonchev–Trinajstić information content (AvgIpc) is 3.54. The number of piperazine rings is 1. The molecule has 1 aliphatic heterocycles. The standard InChI is InChI=1S/C26H31N7O5S/c1-31-23-21(4-3-5-22(23)38-15-14-37-13-12-36-2)33(26(31)35)25-30-19(17-39-25)24(34)29-18-16-28-7-6-20(18)32-10-8-27-9-11-32/h3-7,16-17,27H,8-15H2,1-2H3,(H,29,34). The maximum Gasteiger partial charge on any atom is 0.335 e. The molecule has 39 heavy (non-hydrogen) atoms. The van der Waals surface area contributed by atoms with E-state index in [0.717, 1.165) is 31.9 Å². The Kier molecular flexibility index (Phi) is 8.51. The number of anilines is 2. The van der Waals surface area contributed by atoms with E-state index in [0.29, 0.717) is 54.0 Å². The van der Waals surface area contributed by atoms with Crippen molar-refractivity contribution in [3.8, 4) is 10.9 Å². The molecule has 4 heterocycles. The molecule has 0 unspecified atom stereocenters. The lowest BCUT2D eigenvalue weighted by Gasteiger charge is -2.30. The van der Waals surface area contributed by atoms with Crippen LogP contribution in [0.2, 0.25) is 0 Å². The number of thiazole rings is 1. The van der Waals surface area contributed by atoms with Crippen molar-refractivity contribution in [2.45, 2.75) is 0 Å². The summed E-state index contributed by atoms with van der Waals surface area (Å²) in [5.74, 6) is 0.195. The van der Waals surface area contributed by atoms with Gasteiger partial charge in [0, 0.05) is 51.9 Å². The molecule has 3 aromatic heterocycles. The van der Waals surface area contributed by atoms with Crippen LogP contribution in [0, 0.1) is 0 Å². The second-order valence-corrected chi connectivity index (χ2v) is 9.69. The lowest BCUT2D eigenvalue weighted by atomic mass is 10.2. The van der Waals surface area contributed by atoms with Gasteiger partial charge in [-0.25, -0.2) is 14.3 Å². The van der Waals surface area contributed by atoms with Crippen LogP contribution in [0.4, 0.5) is 11.4 Å². The largest absolute Gasteiger partial charge is 0.489 e. The zero-order valence-corrected chi connectivity index (χ0v) is 22.7. The summed E-state index contributed by atoms with van der Waals surface area (Å²) < 4.78 is 19.4. The lowest BCUT2D eigenvalue weighted by Crippen LogP contribution is -2.43. The Morgan fingerprint density at radius 1 is 1.15 bits per heavy atom. The predicted molar refractivity (Wildman–Crippen MR) is 150 cm³/mol. The number of nitrogens with one attached hydrogen (secondary N) is 2. The molecule has 0 spiro atoms. The Morgan fingerprint density at radius 2 is 1.97 bits per heavy atom. The Bertz CT molecular complexity index is 1490. The summed E-state index contributed by atoms with van der Waals surface area (Å²) in [7, 11) is 3.30. The number of para-hydroxylation sites is 1. The molecule has 0 saturated carbocycles. The van der Waals surface area contributed by atoms with Crippen LogP contribution in [0.3, 0.4) is 0 Å². The highest BCUT2D eigenvalue weighted by Gasteiger charge is 2.21. The van der Waals surface area contributed by atoms with Crippen LogP contribution in [0.25, 0.3) is 16.2 Å². The molecular weight excluding hydrogens is 522 g/mol. The number of nitrogens with zero attached hydrogens (tertiary/aromatic N) is 5. The van der Waals surface area contributed by atoms with Crippen molar-refractivity contribution in [3.05, 3.63) is 58.2 Å². The van der Waals surface area contributed by atoms with Gasteiger partial charge in [0.1, 0.15) is 23.6 Å². The summed E-state index contributed by atoms with van der Waals surface area (Å²) >= 11 is 1.22. The number of fused-ring (bicyclic) bond motifs is 1. The molecule has 1 aliphatic rings. The van der Waals surface area contributed by atoms with Gasteiger partial charge in [0.15, 0.2) is 5.13 Å². The van der Waals surface area contributed by atoms with Crippen molar-refractivity contribution >= 4 is 39.7 Å². The number of pyridine rings is 1. The van der Waals surface area contributed by atoms with Crippen molar-refractivity contribution in [1.82, 2.24) is 24.4 Å². The van der Waals surface area contributed by atoms with Gasteiger partial charge in [-0.2, -0.15) is 0 Å². The molecule has 1 aromatic carbocycles. The third kappa shape index (κ3) is 5.81. The summed E-state index contributed by atoms with van der Waals surface area (Å²) in [6.07, 6.45) is 3.36. The van der Waals surface area contributed by atoms with Crippen molar-refractivity contribution in [2.24, 2.45) is 7.05 Å². The maximum absolute atomic E-state index is 13.3. The van der Waals surface area contributed by atoms with Gasteiger partial charge in [0.25, 0.3) is 5.91 Å². The van der Waals surface area contributed by atoms with Crippen LogP contribution in [0.15, 0.2) is 46.8 Å². The first-order valence-corrected chi connectivity index (χ1v) is 13.5. The number of rotatable bonds is 11. The normalized spacial score (nSPS) is 13.6. The Hall–Kier alpha value is -3.78. The minimum absolute atomic E-state index is 0.217. The van der Waals surface area contributed by atoms with Crippen LogP contribution in [0.1, 0.15) is 10.5 Å². The molecule has 0 atom stereocenters. The second kappa shape index (κ2) is 12.4. The number of carbonyl (C=O) groups is 1. The average molecular weight is 554 g/mol. The molecule has 12 nitrogen and oxygen atoms in total. The monoisotopic (exact) mass is 553 g/mol. The third-order valence-corrected chi connectivity index (χ3v) is 7.19. The van der Waals surface area contributed by atoms with Crippen molar-refractivity contribution < 1.29 is 19.0 Å². The minimum Gasteiger partial charge on any atom is -0.489 e. The van der Waals surface area contributed by atoms with Gasteiger partial charge in [0.05, 0.1) is 42.9 Å². The van der Waals surface area contributed by atoms with Gasteiger partial charge in [0.2, 0.25) is 0 Å². The maximum atomic E-state index is 13.3. The Labute approximate surface area is 229 Å². The van der Waals surface area contributed by atoms with Gasteiger partial charge >= 0.3 is 5.69 Å². The molecule has 1 saturated heterocycles. The van der Waals surface area contributed by atoms with E-state index < -0.39 is 0 Å². The van der Waals surface area contributed by atoms with Crippen molar-refractivity contribution in [2.75, 3.05) is 69.9 Å². The molecular formula is C26H31N7O5S. The van der Waals surface area contributed by atoms with Crippen LogP contribution >= 0.6 is 11.3 Å².